The van der Waals surface area contributed by atoms with Gasteiger partial charge in [0.2, 0.25) is 0 Å². The van der Waals surface area contributed by atoms with Gasteiger partial charge in [0, 0.05) is 26.2 Å². The summed E-state index contributed by atoms with van der Waals surface area (Å²) in [6.07, 6.45) is 4.86. The monoisotopic (exact) mass is 331 g/mol. The SMILES string of the molecule is CCCC1CC1NC(=NC)N1CCc2cc(OC)c(OC)cc2C1. The molecule has 0 saturated heterocycles. The maximum atomic E-state index is 5.45. The van der Waals surface area contributed by atoms with E-state index >= 15 is 0 Å². The molecule has 0 spiro atoms. The van der Waals surface area contributed by atoms with Crippen LogP contribution in [0.2, 0.25) is 0 Å². The van der Waals surface area contributed by atoms with Gasteiger partial charge in [0.15, 0.2) is 17.5 Å². The van der Waals surface area contributed by atoms with Crippen molar-refractivity contribution in [3.05, 3.63) is 23.3 Å². The van der Waals surface area contributed by atoms with Crippen molar-refractivity contribution >= 4 is 5.96 Å². The molecule has 2 unspecified atom stereocenters. The van der Waals surface area contributed by atoms with E-state index in [0.29, 0.717) is 6.04 Å². The van der Waals surface area contributed by atoms with Gasteiger partial charge >= 0.3 is 0 Å². The first-order valence-corrected chi connectivity index (χ1v) is 8.92. The smallest absolute Gasteiger partial charge is 0.194 e. The van der Waals surface area contributed by atoms with Gasteiger partial charge in [-0.15, -0.1) is 0 Å². The van der Waals surface area contributed by atoms with E-state index in [1.807, 2.05) is 7.05 Å². The maximum absolute atomic E-state index is 5.45. The van der Waals surface area contributed by atoms with Crippen LogP contribution in [0.4, 0.5) is 0 Å². The second-order valence-electron chi connectivity index (χ2n) is 6.73. The molecule has 5 nitrogen and oxygen atoms in total. The Morgan fingerprint density at radius 2 is 1.96 bits per heavy atom. The minimum Gasteiger partial charge on any atom is -0.493 e. The molecule has 1 fully saturated rings. The quantitative estimate of drug-likeness (QED) is 0.666. The van der Waals surface area contributed by atoms with E-state index < -0.39 is 0 Å². The van der Waals surface area contributed by atoms with E-state index in [1.54, 1.807) is 14.2 Å². The van der Waals surface area contributed by atoms with Crippen molar-refractivity contribution in [2.75, 3.05) is 27.8 Å². The van der Waals surface area contributed by atoms with E-state index in [9.17, 15) is 0 Å². The Kier molecular flexibility index (Phi) is 5.17. The number of nitrogens with one attached hydrogen (secondary N) is 1. The van der Waals surface area contributed by atoms with Gasteiger partial charge in [0.1, 0.15) is 0 Å². The maximum Gasteiger partial charge on any atom is 0.194 e. The molecule has 0 radical (unpaired) electrons. The van der Waals surface area contributed by atoms with Crippen LogP contribution in [0.1, 0.15) is 37.3 Å². The van der Waals surface area contributed by atoms with Gasteiger partial charge in [-0.3, -0.25) is 4.99 Å². The number of benzene rings is 1. The number of ether oxygens (including phenoxy) is 2. The standard InChI is InChI=1S/C19H29N3O2/c1-5-6-14-9-16(14)21-19(20-2)22-8-7-13-10-17(23-3)18(24-4)11-15(13)12-22/h10-11,14,16H,5-9,12H2,1-4H3,(H,20,21). The highest BCUT2D eigenvalue weighted by molar-refractivity contribution is 5.81. The Morgan fingerprint density at radius 1 is 1.25 bits per heavy atom. The molecule has 1 aliphatic heterocycles. The Morgan fingerprint density at radius 3 is 2.58 bits per heavy atom. The summed E-state index contributed by atoms with van der Waals surface area (Å²) in [4.78, 5) is 6.85. The normalized spacial score (nSPS) is 22.8. The van der Waals surface area contributed by atoms with E-state index in [-0.39, 0.29) is 0 Å². The van der Waals surface area contributed by atoms with Crippen molar-refractivity contribution in [3.63, 3.8) is 0 Å². The Bertz CT molecular complexity index is 615. The first kappa shape index (κ1) is 16.9. The van der Waals surface area contributed by atoms with Crippen LogP contribution in [-0.4, -0.2) is 44.7 Å². The van der Waals surface area contributed by atoms with E-state index in [0.717, 1.165) is 42.9 Å². The lowest BCUT2D eigenvalue weighted by atomic mass is 9.99. The van der Waals surface area contributed by atoms with Crippen molar-refractivity contribution in [2.24, 2.45) is 10.9 Å². The van der Waals surface area contributed by atoms with Gasteiger partial charge < -0.3 is 19.7 Å². The first-order chi connectivity index (χ1) is 11.7. The molecule has 1 aromatic rings. The van der Waals surface area contributed by atoms with Gasteiger partial charge in [-0.1, -0.05) is 13.3 Å². The minimum atomic E-state index is 0.607. The molecule has 2 atom stereocenters. The van der Waals surface area contributed by atoms with Crippen LogP contribution in [0.15, 0.2) is 17.1 Å². The lowest BCUT2D eigenvalue weighted by Gasteiger charge is -2.32. The number of hydrogen-bond acceptors (Lipinski definition) is 3. The predicted octanol–water partition coefficient (Wildman–Crippen LogP) is 2.83. The summed E-state index contributed by atoms with van der Waals surface area (Å²) in [5.41, 5.74) is 2.64. The molecule has 1 saturated carbocycles. The van der Waals surface area contributed by atoms with Gasteiger partial charge in [-0.2, -0.15) is 0 Å². The van der Waals surface area contributed by atoms with Crippen LogP contribution >= 0.6 is 0 Å². The van der Waals surface area contributed by atoms with Crippen LogP contribution in [-0.2, 0) is 13.0 Å². The molecule has 1 aromatic carbocycles. The fraction of sp³-hybridized carbons (Fsp3) is 0.632. The fourth-order valence-electron chi connectivity index (χ4n) is 3.64. The fourth-order valence-corrected chi connectivity index (χ4v) is 3.64. The molecule has 0 aromatic heterocycles. The third kappa shape index (κ3) is 3.45. The van der Waals surface area contributed by atoms with Crippen molar-refractivity contribution in [2.45, 2.75) is 45.2 Å². The van der Waals surface area contributed by atoms with Crippen molar-refractivity contribution in [1.29, 1.82) is 0 Å². The molecule has 132 valence electrons. The number of hydrogen-bond donors (Lipinski definition) is 1. The lowest BCUT2D eigenvalue weighted by Crippen LogP contribution is -2.45. The second-order valence-corrected chi connectivity index (χ2v) is 6.73. The molecule has 1 heterocycles. The zero-order chi connectivity index (χ0) is 17.1. The van der Waals surface area contributed by atoms with Gasteiger partial charge in [-0.05, 0) is 48.4 Å². The molecule has 24 heavy (non-hydrogen) atoms. The van der Waals surface area contributed by atoms with Gasteiger partial charge in [0.25, 0.3) is 0 Å². The van der Waals surface area contributed by atoms with E-state index in [4.69, 9.17) is 9.47 Å². The van der Waals surface area contributed by atoms with Crippen LogP contribution in [0.5, 0.6) is 11.5 Å². The van der Waals surface area contributed by atoms with Crippen LogP contribution < -0.4 is 14.8 Å². The topological polar surface area (TPSA) is 46.1 Å². The average molecular weight is 331 g/mol. The van der Waals surface area contributed by atoms with Crippen molar-refractivity contribution < 1.29 is 9.47 Å². The van der Waals surface area contributed by atoms with Crippen LogP contribution in [0.25, 0.3) is 0 Å². The minimum absolute atomic E-state index is 0.607. The third-order valence-corrected chi connectivity index (χ3v) is 5.13. The van der Waals surface area contributed by atoms with Crippen LogP contribution in [0.3, 0.4) is 0 Å². The molecule has 1 N–H and O–H groups in total. The van der Waals surface area contributed by atoms with Crippen LogP contribution in [0, 0.1) is 5.92 Å². The molecular formula is C19H29N3O2. The zero-order valence-electron chi connectivity index (χ0n) is 15.3. The number of aliphatic imine (C=N–C) groups is 1. The van der Waals surface area contributed by atoms with E-state index in [2.05, 4.69) is 34.3 Å². The summed E-state index contributed by atoms with van der Waals surface area (Å²) in [7, 11) is 5.25. The molecular weight excluding hydrogens is 302 g/mol. The number of fused-ring (bicyclic) bond motifs is 1. The van der Waals surface area contributed by atoms with E-state index in [1.165, 1.54) is 30.4 Å². The number of rotatable bonds is 5. The van der Waals surface area contributed by atoms with Crippen molar-refractivity contribution in [1.82, 2.24) is 10.2 Å². The van der Waals surface area contributed by atoms with Crippen molar-refractivity contribution in [3.8, 4) is 11.5 Å². The number of nitrogens with zero attached hydrogens (tertiary/aromatic N) is 2. The molecule has 3 rings (SSSR count). The van der Waals surface area contributed by atoms with Gasteiger partial charge in [-0.25, -0.2) is 0 Å². The lowest BCUT2D eigenvalue weighted by molar-refractivity contribution is 0.345. The predicted molar refractivity (Wildman–Crippen MR) is 97.0 cm³/mol. The third-order valence-electron chi connectivity index (χ3n) is 5.13. The molecule has 2 aliphatic rings. The Balaban J connectivity index is 1.69. The highest BCUT2D eigenvalue weighted by Gasteiger charge is 2.37. The Hall–Kier alpha value is -1.91. The molecule has 0 amide bonds. The summed E-state index contributed by atoms with van der Waals surface area (Å²) in [5, 5.41) is 3.65. The highest BCUT2D eigenvalue weighted by atomic mass is 16.5. The molecule has 5 heteroatoms. The zero-order valence-corrected chi connectivity index (χ0v) is 15.3. The molecule has 1 aliphatic carbocycles. The summed E-state index contributed by atoms with van der Waals surface area (Å²) < 4.78 is 10.9. The summed E-state index contributed by atoms with van der Waals surface area (Å²) in [6, 6.07) is 4.82. The van der Waals surface area contributed by atoms with Gasteiger partial charge in [0.05, 0.1) is 14.2 Å². The highest BCUT2D eigenvalue weighted by Crippen LogP contribution is 2.36. The Labute approximate surface area is 145 Å². The number of methoxy groups -OCH3 is 2. The summed E-state index contributed by atoms with van der Waals surface area (Å²) >= 11 is 0. The summed E-state index contributed by atoms with van der Waals surface area (Å²) in [6.45, 7) is 4.10. The molecule has 0 bridgehead atoms. The first-order valence-electron chi connectivity index (χ1n) is 8.92. The second kappa shape index (κ2) is 7.32. The summed E-state index contributed by atoms with van der Waals surface area (Å²) in [5.74, 6) is 3.46. The largest absolute Gasteiger partial charge is 0.493 e. The average Bonchev–Trinajstić information content (AvgIpc) is 3.35. The number of guanidine groups is 1.